The highest BCUT2D eigenvalue weighted by Crippen LogP contribution is 2.49. The Bertz CT molecular complexity index is 1500. The molecule has 6 rings (SSSR count). The van der Waals surface area contributed by atoms with Crippen molar-refractivity contribution in [3.63, 3.8) is 0 Å². The predicted molar refractivity (Wildman–Crippen MR) is 168 cm³/mol. The summed E-state index contributed by atoms with van der Waals surface area (Å²) >= 11 is 2.31. The monoisotopic (exact) mass is 626 g/mol. The fourth-order valence-corrected chi connectivity index (χ4v) is 6.37. The zero-order chi connectivity index (χ0) is 26.6. The van der Waals surface area contributed by atoms with E-state index in [4.69, 9.17) is 14.5 Å². The fraction of sp³-hybridized carbons (Fsp3) is 0.206. The number of halogens is 1. The van der Waals surface area contributed by atoms with Crippen molar-refractivity contribution < 1.29 is 9.47 Å². The van der Waals surface area contributed by atoms with Crippen LogP contribution in [0.3, 0.4) is 0 Å². The minimum Gasteiger partial charge on any atom is -0.490 e. The van der Waals surface area contributed by atoms with Gasteiger partial charge in [-0.25, -0.2) is 0 Å². The lowest BCUT2D eigenvalue weighted by Crippen LogP contribution is -2.28. The van der Waals surface area contributed by atoms with Crippen LogP contribution in [-0.2, 0) is 6.61 Å². The summed E-state index contributed by atoms with van der Waals surface area (Å²) in [5.41, 5.74) is 6.98. The molecule has 4 aromatic rings. The molecule has 0 fully saturated rings. The van der Waals surface area contributed by atoms with Gasteiger partial charge in [0, 0.05) is 17.8 Å². The van der Waals surface area contributed by atoms with E-state index in [9.17, 15) is 0 Å². The molecule has 3 atom stereocenters. The molecule has 0 amide bonds. The van der Waals surface area contributed by atoms with Crippen LogP contribution in [0.15, 0.2) is 108 Å². The molecule has 0 spiro atoms. The molecule has 0 radical (unpaired) electrons. The van der Waals surface area contributed by atoms with Crippen molar-refractivity contribution in [2.45, 2.75) is 31.9 Å². The number of hydrogen-bond donors (Lipinski definition) is 1. The van der Waals surface area contributed by atoms with Gasteiger partial charge >= 0.3 is 0 Å². The number of ether oxygens (including phenoxy) is 2. The van der Waals surface area contributed by atoms with Crippen LogP contribution in [0.5, 0.6) is 11.5 Å². The molecule has 2 aliphatic rings. The highest BCUT2D eigenvalue weighted by atomic mass is 127. The molecule has 1 aliphatic carbocycles. The van der Waals surface area contributed by atoms with Gasteiger partial charge < -0.3 is 14.8 Å². The Balaban J connectivity index is 1.18. The maximum Gasteiger partial charge on any atom is 0.175 e. The average molecular weight is 627 g/mol. The van der Waals surface area contributed by atoms with E-state index in [0.29, 0.717) is 25.0 Å². The molecule has 4 nitrogen and oxygen atoms in total. The Morgan fingerprint density at radius 3 is 2.56 bits per heavy atom. The third-order valence-corrected chi connectivity index (χ3v) is 8.25. The number of aliphatic imine (C=N–C) groups is 1. The summed E-state index contributed by atoms with van der Waals surface area (Å²) in [6, 6.07) is 31.9. The van der Waals surface area contributed by atoms with Gasteiger partial charge in [0.25, 0.3) is 0 Å². The van der Waals surface area contributed by atoms with Crippen LogP contribution in [0, 0.1) is 9.49 Å². The third kappa shape index (κ3) is 5.59. The standard InChI is InChI=1S/C34H31IN2O2/c1-2-38-32-20-24(19-30(35)34(32)39-22-23-9-4-3-5-10-23)21-36-26-17-15-25(16-18-26)33-29-13-8-12-27(29)28-11-6-7-14-31(28)37-33/h3-12,14-21,27,29,33,37H,2,13,22H2,1H3/t27-,29+,33-/m0/s1. The van der Waals surface area contributed by atoms with Crippen molar-refractivity contribution in [3.05, 3.63) is 129 Å². The highest BCUT2D eigenvalue weighted by Gasteiger charge is 2.37. The molecule has 1 aliphatic heterocycles. The fourth-order valence-electron chi connectivity index (χ4n) is 5.59. The molecule has 39 heavy (non-hydrogen) atoms. The number of rotatable bonds is 8. The molecule has 0 saturated heterocycles. The first-order chi connectivity index (χ1) is 19.2. The lowest BCUT2D eigenvalue weighted by atomic mass is 9.77. The molecule has 1 N–H and O–H groups in total. The van der Waals surface area contributed by atoms with Crippen LogP contribution in [-0.4, -0.2) is 12.8 Å². The van der Waals surface area contributed by atoms with E-state index in [-0.39, 0.29) is 6.04 Å². The highest BCUT2D eigenvalue weighted by molar-refractivity contribution is 14.1. The summed E-state index contributed by atoms with van der Waals surface area (Å²) in [6.45, 7) is 3.05. The van der Waals surface area contributed by atoms with E-state index in [2.05, 4.69) is 107 Å². The first kappa shape index (κ1) is 25.7. The number of fused-ring (bicyclic) bond motifs is 3. The smallest absolute Gasteiger partial charge is 0.175 e. The molecule has 196 valence electrons. The predicted octanol–water partition coefficient (Wildman–Crippen LogP) is 8.85. The molecule has 0 bridgehead atoms. The van der Waals surface area contributed by atoms with Crippen LogP contribution in [0.1, 0.15) is 47.6 Å². The van der Waals surface area contributed by atoms with E-state index >= 15 is 0 Å². The molecule has 1 heterocycles. The summed E-state index contributed by atoms with van der Waals surface area (Å²) < 4.78 is 13.1. The van der Waals surface area contributed by atoms with E-state index in [1.807, 2.05) is 37.4 Å². The SMILES string of the molecule is CCOc1cc(C=Nc2ccc([C@@H]3Nc4ccccc4[C@@H]4C=CC[C@H]43)cc2)cc(I)c1OCc1ccccc1. The molecule has 0 unspecified atom stereocenters. The van der Waals surface area contributed by atoms with Gasteiger partial charge in [-0.1, -0.05) is 72.8 Å². The number of hydrogen-bond acceptors (Lipinski definition) is 4. The molecule has 5 heteroatoms. The van der Waals surface area contributed by atoms with Crippen molar-refractivity contribution in [3.8, 4) is 11.5 Å². The number of nitrogens with one attached hydrogen (secondary N) is 1. The molecule has 0 saturated carbocycles. The van der Waals surface area contributed by atoms with Crippen LogP contribution in [0.4, 0.5) is 11.4 Å². The third-order valence-electron chi connectivity index (χ3n) is 7.44. The first-order valence-corrected chi connectivity index (χ1v) is 14.6. The number of benzene rings is 4. The van der Waals surface area contributed by atoms with Crippen molar-refractivity contribution >= 4 is 40.2 Å². The maximum atomic E-state index is 6.16. The summed E-state index contributed by atoms with van der Waals surface area (Å²) in [4.78, 5) is 4.77. The van der Waals surface area contributed by atoms with Gasteiger partial charge in [-0.05, 0) is 94.4 Å². The van der Waals surface area contributed by atoms with Crippen molar-refractivity contribution in [2.75, 3.05) is 11.9 Å². The van der Waals surface area contributed by atoms with Gasteiger partial charge in [-0.2, -0.15) is 0 Å². The minimum absolute atomic E-state index is 0.289. The minimum atomic E-state index is 0.289. The lowest BCUT2D eigenvalue weighted by molar-refractivity contribution is 0.267. The quantitative estimate of drug-likeness (QED) is 0.121. The Kier molecular flexibility index (Phi) is 7.68. The maximum absolute atomic E-state index is 6.16. The normalized spacial score (nSPS) is 19.4. The Morgan fingerprint density at radius 2 is 1.74 bits per heavy atom. The van der Waals surface area contributed by atoms with Crippen LogP contribution < -0.4 is 14.8 Å². The second-order valence-electron chi connectivity index (χ2n) is 9.95. The Morgan fingerprint density at radius 1 is 0.949 bits per heavy atom. The zero-order valence-electron chi connectivity index (χ0n) is 21.9. The van der Waals surface area contributed by atoms with Gasteiger partial charge in [-0.15, -0.1) is 0 Å². The molecular weight excluding hydrogens is 595 g/mol. The summed E-state index contributed by atoms with van der Waals surface area (Å²) in [6.07, 6.45) is 7.71. The summed E-state index contributed by atoms with van der Waals surface area (Å²) in [7, 11) is 0. The van der Waals surface area contributed by atoms with E-state index in [0.717, 1.165) is 38.3 Å². The van der Waals surface area contributed by atoms with Gasteiger partial charge in [0.05, 0.1) is 21.9 Å². The van der Waals surface area contributed by atoms with Crippen LogP contribution in [0.2, 0.25) is 0 Å². The Labute approximate surface area is 243 Å². The topological polar surface area (TPSA) is 42.8 Å². The van der Waals surface area contributed by atoms with E-state index in [1.165, 1.54) is 16.8 Å². The van der Waals surface area contributed by atoms with Gasteiger partial charge in [-0.3, -0.25) is 4.99 Å². The Hall–Kier alpha value is -3.58. The summed E-state index contributed by atoms with van der Waals surface area (Å²) in [5, 5.41) is 3.81. The van der Waals surface area contributed by atoms with E-state index in [1.54, 1.807) is 0 Å². The van der Waals surface area contributed by atoms with Crippen LogP contribution >= 0.6 is 22.6 Å². The second kappa shape index (κ2) is 11.7. The van der Waals surface area contributed by atoms with Crippen molar-refractivity contribution in [2.24, 2.45) is 10.9 Å². The lowest BCUT2D eigenvalue weighted by Gasteiger charge is -2.37. The average Bonchev–Trinajstić information content (AvgIpc) is 3.47. The first-order valence-electron chi connectivity index (χ1n) is 13.5. The number of para-hydroxylation sites is 1. The number of allylic oxidation sites excluding steroid dienone is 2. The zero-order valence-corrected chi connectivity index (χ0v) is 24.0. The van der Waals surface area contributed by atoms with Gasteiger partial charge in [0.1, 0.15) is 6.61 Å². The molecule has 4 aromatic carbocycles. The van der Waals surface area contributed by atoms with Crippen molar-refractivity contribution in [1.29, 1.82) is 0 Å². The largest absolute Gasteiger partial charge is 0.490 e. The van der Waals surface area contributed by atoms with E-state index < -0.39 is 0 Å². The van der Waals surface area contributed by atoms with Crippen molar-refractivity contribution in [1.82, 2.24) is 0 Å². The molecular formula is C34H31IN2O2. The second-order valence-corrected chi connectivity index (χ2v) is 11.1. The van der Waals surface area contributed by atoms with Gasteiger partial charge in [0.2, 0.25) is 0 Å². The number of nitrogens with zero attached hydrogens (tertiary/aromatic N) is 1. The summed E-state index contributed by atoms with van der Waals surface area (Å²) in [5.74, 6) is 2.52. The number of anilines is 1. The van der Waals surface area contributed by atoms with Gasteiger partial charge in [0.15, 0.2) is 11.5 Å². The van der Waals surface area contributed by atoms with Crippen LogP contribution in [0.25, 0.3) is 0 Å². The molecule has 0 aromatic heterocycles.